The molecule has 0 aliphatic rings. The van der Waals surface area contributed by atoms with Crippen molar-refractivity contribution in [2.24, 2.45) is 0 Å². The van der Waals surface area contributed by atoms with Gasteiger partial charge >= 0.3 is 0 Å². The SMILES string of the molecule is CNCc1cc(F)ccc1Sc1nccs1. The van der Waals surface area contributed by atoms with E-state index in [0.717, 1.165) is 14.8 Å². The lowest BCUT2D eigenvalue weighted by Crippen LogP contribution is -2.06. The van der Waals surface area contributed by atoms with Crippen LogP contribution < -0.4 is 5.32 Å². The van der Waals surface area contributed by atoms with Crippen molar-refractivity contribution in [3.8, 4) is 0 Å². The number of thiazole rings is 1. The van der Waals surface area contributed by atoms with E-state index in [4.69, 9.17) is 0 Å². The summed E-state index contributed by atoms with van der Waals surface area (Å²) >= 11 is 3.16. The van der Waals surface area contributed by atoms with Crippen LogP contribution in [0.5, 0.6) is 0 Å². The molecule has 2 aromatic rings. The molecule has 5 heteroatoms. The Morgan fingerprint density at radius 1 is 1.50 bits per heavy atom. The standard InChI is InChI=1S/C11H11FN2S2/c1-13-7-8-6-9(12)2-3-10(8)16-11-14-4-5-15-11/h2-6,13H,7H2,1H3. The van der Waals surface area contributed by atoms with Crippen LogP contribution in [0.25, 0.3) is 0 Å². The fourth-order valence-corrected chi connectivity index (χ4v) is 3.02. The molecule has 0 aliphatic carbocycles. The lowest BCUT2D eigenvalue weighted by atomic mass is 10.2. The first kappa shape index (κ1) is 11.6. The van der Waals surface area contributed by atoms with E-state index in [1.54, 1.807) is 41.4 Å². The molecule has 1 aromatic carbocycles. The van der Waals surface area contributed by atoms with E-state index in [9.17, 15) is 4.39 Å². The van der Waals surface area contributed by atoms with Gasteiger partial charge in [-0.15, -0.1) is 11.3 Å². The zero-order valence-corrected chi connectivity index (χ0v) is 10.4. The van der Waals surface area contributed by atoms with Crippen LogP contribution in [0, 0.1) is 5.82 Å². The Morgan fingerprint density at radius 3 is 3.06 bits per heavy atom. The number of hydrogen-bond acceptors (Lipinski definition) is 4. The summed E-state index contributed by atoms with van der Waals surface area (Å²) in [6.07, 6.45) is 1.77. The van der Waals surface area contributed by atoms with Gasteiger partial charge in [-0.1, -0.05) is 11.8 Å². The molecule has 2 rings (SSSR count). The van der Waals surface area contributed by atoms with E-state index >= 15 is 0 Å². The lowest BCUT2D eigenvalue weighted by Gasteiger charge is -2.07. The molecule has 84 valence electrons. The van der Waals surface area contributed by atoms with Crippen molar-refractivity contribution in [2.45, 2.75) is 15.8 Å². The van der Waals surface area contributed by atoms with Gasteiger partial charge in [0.05, 0.1) is 0 Å². The van der Waals surface area contributed by atoms with Gasteiger partial charge in [0.15, 0.2) is 4.34 Å². The summed E-state index contributed by atoms with van der Waals surface area (Å²) in [5.74, 6) is -0.200. The van der Waals surface area contributed by atoms with Gasteiger partial charge in [0.25, 0.3) is 0 Å². The van der Waals surface area contributed by atoms with Gasteiger partial charge in [-0.3, -0.25) is 0 Å². The highest BCUT2D eigenvalue weighted by molar-refractivity contribution is 8.01. The van der Waals surface area contributed by atoms with Crippen molar-refractivity contribution in [3.63, 3.8) is 0 Å². The van der Waals surface area contributed by atoms with Crippen LogP contribution in [0.1, 0.15) is 5.56 Å². The van der Waals surface area contributed by atoms with E-state index in [1.807, 2.05) is 12.4 Å². The van der Waals surface area contributed by atoms with Crippen LogP contribution in [-0.2, 0) is 6.54 Å². The Hall–Kier alpha value is -0.910. The molecule has 0 spiro atoms. The van der Waals surface area contributed by atoms with Crippen molar-refractivity contribution in [1.29, 1.82) is 0 Å². The molecule has 16 heavy (non-hydrogen) atoms. The van der Waals surface area contributed by atoms with Crippen LogP contribution in [0.4, 0.5) is 4.39 Å². The summed E-state index contributed by atoms with van der Waals surface area (Å²) in [4.78, 5) is 5.25. The average Bonchev–Trinajstić information content (AvgIpc) is 2.75. The van der Waals surface area contributed by atoms with Crippen LogP contribution in [-0.4, -0.2) is 12.0 Å². The largest absolute Gasteiger partial charge is 0.316 e. The number of aromatic nitrogens is 1. The Kier molecular flexibility index (Phi) is 3.93. The second-order valence-corrected chi connectivity index (χ2v) is 5.37. The molecule has 0 bridgehead atoms. The van der Waals surface area contributed by atoms with Crippen LogP contribution >= 0.6 is 23.1 Å². The number of nitrogens with zero attached hydrogens (tertiary/aromatic N) is 1. The third-order valence-corrected chi connectivity index (χ3v) is 4.00. The normalized spacial score (nSPS) is 10.6. The molecule has 0 aliphatic heterocycles. The first-order chi connectivity index (χ1) is 7.79. The molecule has 0 fully saturated rings. The summed E-state index contributed by atoms with van der Waals surface area (Å²) in [6.45, 7) is 0.658. The van der Waals surface area contributed by atoms with Gasteiger partial charge < -0.3 is 5.32 Å². The molecular weight excluding hydrogens is 243 g/mol. The minimum Gasteiger partial charge on any atom is -0.316 e. The summed E-state index contributed by atoms with van der Waals surface area (Å²) in [5.41, 5.74) is 0.961. The zero-order valence-electron chi connectivity index (χ0n) is 8.74. The van der Waals surface area contributed by atoms with Crippen molar-refractivity contribution in [3.05, 3.63) is 41.2 Å². The minimum atomic E-state index is -0.200. The molecule has 0 saturated heterocycles. The van der Waals surface area contributed by atoms with Gasteiger partial charge in [0.2, 0.25) is 0 Å². The third-order valence-electron chi connectivity index (χ3n) is 2.00. The first-order valence-corrected chi connectivity index (χ1v) is 6.49. The number of halogens is 1. The Balaban J connectivity index is 2.25. The molecule has 2 nitrogen and oxygen atoms in total. The monoisotopic (exact) mass is 254 g/mol. The van der Waals surface area contributed by atoms with Crippen LogP contribution in [0.15, 0.2) is 39.0 Å². The van der Waals surface area contributed by atoms with E-state index in [2.05, 4.69) is 10.3 Å². The topological polar surface area (TPSA) is 24.9 Å². The Morgan fingerprint density at radius 2 is 2.38 bits per heavy atom. The number of hydrogen-bond donors (Lipinski definition) is 1. The second-order valence-electron chi connectivity index (χ2n) is 3.18. The molecule has 1 aromatic heterocycles. The fourth-order valence-electron chi connectivity index (χ4n) is 1.33. The quantitative estimate of drug-likeness (QED) is 0.907. The van der Waals surface area contributed by atoms with Crippen LogP contribution in [0.3, 0.4) is 0 Å². The predicted octanol–water partition coefficient (Wildman–Crippen LogP) is 3.15. The molecule has 0 amide bonds. The maximum Gasteiger partial charge on any atom is 0.154 e. The van der Waals surface area contributed by atoms with E-state index in [0.29, 0.717) is 6.54 Å². The molecule has 1 heterocycles. The number of nitrogens with one attached hydrogen (secondary N) is 1. The zero-order chi connectivity index (χ0) is 11.4. The highest BCUT2D eigenvalue weighted by Crippen LogP contribution is 2.32. The summed E-state index contributed by atoms with van der Waals surface area (Å²) in [7, 11) is 1.85. The van der Waals surface area contributed by atoms with Crippen molar-refractivity contribution < 1.29 is 4.39 Å². The molecule has 0 unspecified atom stereocenters. The van der Waals surface area contributed by atoms with Gasteiger partial charge in [-0.25, -0.2) is 9.37 Å². The van der Waals surface area contributed by atoms with E-state index < -0.39 is 0 Å². The molecule has 0 radical (unpaired) electrons. The lowest BCUT2D eigenvalue weighted by molar-refractivity contribution is 0.621. The molecule has 1 N–H and O–H groups in total. The van der Waals surface area contributed by atoms with E-state index in [-0.39, 0.29) is 5.82 Å². The van der Waals surface area contributed by atoms with Crippen molar-refractivity contribution in [2.75, 3.05) is 7.05 Å². The first-order valence-electron chi connectivity index (χ1n) is 4.80. The van der Waals surface area contributed by atoms with Crippen molar-refractivity contribution >= 4 is 23.1 Å². The molecule has 0 atom stereocenters. The second kappa shape index (κ2) is 5.43. The summed E-state index contributed by atoms with van der Waals surface area (Å²) < 4.78 is 14.1. The van der Waals surface area contributed by atoms with Gasteiger partial charge in [-0.05, 0) is 30.8 Å². The Bertz CT molecular complexity index is 457. The van der Waals surface area contributed by atoms with Gasteiger partial charge in [-0.2, -0.15) is 0 Å². The van der Waals surface area contributed by atoms with E-state index in [1.165, 1.54) is 6.07 Å². The number of rotatable bonds is 4. The highest BCUT2D eigenvalue weighted by atomic mass is 32.2. The summed E-state index contributed by atoms with van der Waals surface area (Å²) in [5, 5.41) is 4.97. The predicted molar refractivity (Wildman–Crippen MR) is 65.4 cm³/mol. The maximum absolute atomic E-state index is 13.1. The van der Waals surface area contributed by atoms with Crippen molar-refractivity contribution in [1.82, 2.24) is 10.3 Å². The summed E-state index contributed by atoms with van der Waals surface area (Å²) in [6, 6.07) is 4.84. The third kappa shape index (κ3) is 2.81. The Labute approximate surface area is 102 Å². The van der Waals surface area contributed by atoms with Gasteiger partial charge in [0, 0.05) is 23.0 Å². The fraction of sp³-hybridized carbons (Fsp3) is 0.182. The maximum atomic E-state index is 13.1. The van der Waals surface area contributed by atoms with Crippen LogP contribution in [0.2, 0.25) is 0 Å². The molecule has 0 saturated carbocycles. The van der Waals surface area contributed by atoms with Gasteiger partial charge in [0.1, 0.15) is 5.82 Å². The average molecular weight is 254 g/mol. The smallest absolute Gasteiger partial charge is 0.154 e. The highest BCUT2D eigenvalue weighted by Gasteiger charge is 2.06. The minimum absolute atomic E-state index is 0.200. The number of benzene rings is 1. The molecular formula is C11H11FN2S2.